The number of aliphatic imine (C=N–C) groups is 1. The molecule has 64 valence electrons. The van der Waals surface area contributed by atoms with Gasteiger partial charge in [0.25, 0.3) is 0 Å². The summed E-state index contributed by atoms with van der Waals surface area (Å²) in [4.78, 5) is 3.63. The molecule has 0 heterocycles. The molecule has 2 nitrogen and oxygen atoms in total. The first-order valence-corrected chi connectivity index (χ1v) is 3.51. The Morgan fingerprint density at radius 1 is 1.50 bits per heavy atom. The van der Waals surface area contributed by atoms with E-state index in [4.69, 9.17) is 0 Å². The summed E-state index contributed by atoms with van der Waals surface area (Å²) < 4.78 is 0. The highest BCUT2D eigenvalue weighted by Gasteiger charge is 2.01. The molecule has 0 aromatic carbocycles. The number of hydrogen-bond donors (Lipinski definition) is 1. The van der Waals surface area contributed by atoms with Crippen molar-refractivity contribution in [2.45, 2.75) is 6.92 Å². The Kier molecular flexibility index (Phi) is 4.46. The van der Waals surface area contributed by atoms with Gasteiger partial charge in [-0.05, 0) is 25.3 Å². The zero-order valence-corrected chi connectivity index (χ0v) is 7.25. The molecule has 0 rings (SSSR count). The van der Waals surface area contributed by atoms with Crippen LogP contribution in [0, 0.1) is 0 Å². The SMILES string of the molecule is C=CC(=C)/C(N=C)=C(O)\C=C/C. The van der Waals surface area contributed by atoms with Crippen LogP contribution >= 0.6 is 0 Å². The third-order valence-corrected chi connectivity index (χ3v) is 1.28. The summed E-state index contributed by atoms with van der Waals surface area (Å²) in [6.45, 7) is 12.3. The molecule has 0 amide bonds. The summed E-state index contributed by atoms with van der Waals surface area (Å²) in [5.41, 5.74) is 0.920. The van der Waals surface area contributed by atoms with Gasteiger partial charge in [0, 0.05) is 0 Å². The molecule has 0 aromatic rings. The molecule has 0 unspecified atom stereocenters. The Hall–Kier alpha value is -1.57. The summed E-state index contributed by atoms with van der Waals surface area (Å²) in [5.74, 6) is 0.0531. The monoisotopic (exact) mass is 163 g/mol. The normalized spacial score (nSPS) is 12.4. The van der Waals surface area contributed by atoms with Crippen LogP contribution in [0.3, 0.4) is 0 Å². The largest absolute Gasteiger partial charge is 0.506 e. The maximum absolute atomic E-state index is 9.36. The first-order valence-electron chi connectivity index (χ1n) is 3.51. The van der Waals surface area contributed by atoms with Gasteiger partial charge in [0.1, 0.15) is 11.5 Å². The van der Waals surface area contributed by atoms with Crippen molar-refractivity contribution in [2.24, 2.45) is 4.99 Å². The summed E-state index contributed by atoms with van der Waals surface area (Å²) in [7, 11) is 0. The summed E-state index contributed by atoms with van der Waals surface area (Å²) in [5, 5.41) is 9.36. The van der Waals surface area contributed by atoms with Crippen LogP contribution in [-0.2, 0) is 0 Å². The van der Waals surface area contributed by atoms with E-state index in [2.05, 4.69) is 24.9 Å². The van der Waals surface area contributed by atoms with E-state index in [1.807, 2.05) is 0 Å². The summed E-state index contributed by atoms with van der Waals surface area (Å²) in [6, 6.07) is 0. The minimum Gasteiger partial charge on any atom is -0.506 e. The van der Waals surface area contributed by atoms with Gasteiger partial charge in [-0.3, -0.25) is 4.99 Å². The van der Waals surface area contributed by atoms with E-state index in [1.54, 1.807) is 13.0 Å². The van der Waals surface area contributed by atoms with Crippen molar-refractivity contribution in [3.63, 3.8) is 0 Å². The zero-order chi connectivity index (χ0) is 9.56. The van der Waals surface area contributed by atoms with Gasteiger partial charge in [-0.15, -0.1) is 0 Å². The third-order valence-electron chi connectivity index (χ3n) is 1.28. The van der Waals surface area contributed by atoms with Gasteiger partial charge in [0.15, 0.2) is 0 Å². The molecule has 1 N–H and O–H groups in total. The number of rotatable bonds is 4. The van der Waals surface area contributed by atoms with Crippen molar-refractivity contribution >= 4 is 6.72 Å². The summed E-state index contributed by atoms with van der Waals surface area (Å²) >= 11 is 0. The molecule has 12 heavy (non-hydrogen) atoms. The zero-order valence-electron chi connectivity index (χ0n) is 7.25. The molecule has 0 aliphatic rings. The molecule has 0 bridgehead atoms. The van der Waals surface area contributed by atoms with Crippen LogP contribution < -0.4 is 0 Å². The molecule has 2 heteroatoms. The highest BCUT2D eigenvalue weighted by Crippen LogP contribution is 2.14. The van der Waals surface area contributed by atoms with Crippen LogP contribution in [0.15, 0.2) is 53.4 Å². The van der Waals surface area contributed by atoms with Gasteiger partial charge in [-0.25, -0.2) is 0 Å². The lowest BCUT2D eigenvalue weighted by molar-refractivity contribution is 0.426. The van der Waals surface area contributed by atoms with E-state index in [1.165, 1.54) is 12.2 Å². The van der Waals surface area contributed by atoms with Crippen LogP contribution in [0.25, 0.3) is 0 Å². The first kappa shape index (κ1) is 10.4. The molecule has 0 atom stereocenters. The topological polar surface area (TPSA) is 32.6 Å². The van der Waals surface area contributed by atoms with E-state index in [9.17, 15) is 5.11 Å². The average molecular weight is 163 g/mol. The Morgan fingerprint density at radius 2 is 2.08 bits per heavy atom. The lowest BCUT2D eigenvalue weighted by atomic mass is 10.2. The predicted molar refractivity (Wildman–Crippen MR) is 53.4 cm³/mol. The minimum absolute atomic E-state index is 0.0531. The standard InChI is InChI=1S/C10H13NO/c1-5-7-9(12)10(11-4)8(3)6-2/h5-7,12H,2-4H2,1H3/b7-5-,10-9-. The van der Waals surface area contributed by atoms with E-state index in [0.29, 0.717) is 11.3 Å². The highest BCUT2D eigenvalue weighted by molar-refractivity contribution is 5.45. The minimum atomic E-state index is 0.0531. The van der Waals surface area contributed by atoms with Crippen molar-refractivity contribution in [3.05, 3.63) is 48.4 Å². The number of aliphatic hydroxyl groups is 1. The van der Waals surface area contributed by atoms with Crippen LogP contribution in [0.2, 0.25) is 0 Å². The molecule has 0 aliphatic carbocycles. The van der Waals surface area contributed by atoms with Gasteiger partial charge >= 0.3 is 0 Å². The first-order chi connectivity index (χ1) is 5.67. The van der Waals surface area contributed by atoms with E-state index < -0.39 is 0 Å². The quantitative estimate of drug-likeness (QED) is 0.386. The van der Waals surface area contributed by atoms with Gasteiger partial charge in [-0.2, -0.15) is 0 Å². The Morgan fingerprint density at radius 3 is 2.42 bits per heavy atom. The second-order valence-electron chi connectivity index (χ2n) is 2.12. The Labute approximate surface area is 73.0 Å². The molecule has 0 aromatic heterocycles. The van der Waals surface area contributed by atoms with Gasteiger partial charge in [-0.1, -0.05) is 25.3 Å². The van der Waals surface area contributed by atoms with Crippen molar-refractivity contribution in [2.75, 3.05) is 0 Å². The number of hydrogen-bond acceptors (Lipinski definition) is 2. The second kappa shape index (κ2) is 5.13. The van der Waals surface area contributed by atoms with Gasteiger partial charge < -0.3 is 5.11 Å². The van der Waals surface area contributed by atoms with Gasteiger partial charge in [0.2, 0.25) is 0 Å². The molecule has 0 radical (unpaired) electrons. The van der Waals surface area contributed by atoms with Crippen LogP contribution in [0.4, 0.5) is 0 Å². The van der Waals surface area contributed by atoms with E-state index in [0.717, 1.165) is 0 Å². The fraction of sp³-hybridized carbons (Fsp3) is 0.100. The lowest BCUT2D eigenvalue weighted by Crippen LogP contribution is -1.87. The van der Waals surface area contributed by atoms with E-state index in [-0.39, 0.29) is 5.76 Å². The Bertz CT molecular complexity index is 259. The number of nitrogens with zero attached hydrogens (tertiary/aromatic N) is 1. The maximum Gasteiger partial charge on any atom is 0.141 e. The highest BCUT2D eigenvalue weighted by atomic mass is 16.3. The van der Waals surface area contributed by atoms with Crippen molar-refractivity contribution < 1.29 is 5.11 Å². The molecule has 0 aliphatic heterocycles. The van der Waals surface area contributed by atoms with E-state index >= 15 is 0 Å². The Balaban J connectivity index is 4.97. The summed E-state index contributed by atoms with van der Waals surface area (Å²) in [6.07, 6.45) is 4.75. The molecule has 0 spiro atoms. The fourth-order valence-electron chi connectivity index (χ4n) is 0.681. The third kappa shape index (κ3) is 2.58. The molecule has 0 saturated heterocycles. The predicted octanol–water partition coefficient (Wildman–Crippen LogP) is 2.77. The van der Waals surface area contributed by atoms with Crippen molar-refractivity contribution in [1.82, 2.24) is 0 Å². The number of allylic oxidation sites excluding steroid dienone is 3. The molecular formula is C10H13NO. The number of aliphatic hydroxyl groups excluding tert-OH is 1. The lowest BCUT2D eigenvalue weighted by Gasteiger charge is -2.00. The smallest absolute Gasteiger partial charge is 0.141 e. The molecule has 0 saturated carbocycles. The van der Waals surface area contributed by atoms with Crippen LogP contribution in [0.5, 0.6) is 0 Å². The van der Waals surface area contributed by atoms with Crippen LogP contribution in [-0.4, -0.2) is 11.8 Å². The fourth-order valence-corrected chi connectivity index (χ4v) is 0.681. The second-order valence-corrected chi connectivity index (χ2v) is 2.12. The van der Waals surface area contributed by atoms with Crippen molar-refractivity contribution in [1.29, 1.82) is 0 Å². The van der Waals surface area contributed by atoms with Gasteiger partial charge in [0.05, 0.1) is 0 Å². The average Bonchev–Trinajstić information content (AvgIpc) is 2.06. The van der Waals surface area contributed by atoms with Crippen molar-refractivity contribution in [3.8, 4) is 0 Å². The molecule has 0 fully saturated rings. The van der Waals surface area contributed by atoms with Crippen LogP contribution in [0.1, 0.15) is 6.92 Å². The molecular weight excluding hydrogens is 150 g/mol. The maximum atomic E-state index is 9.36.